The third-order valence-corrected chi connectivity index (χ3v) is 5.84. The van der Waals surface area contributed by atoms with Crippen LogP contribution in [-0.2, 0) is 14.3 Å². The molecule has 0 radical (unpaired) electrons. The number of rotatable bonds is 8. The summed E-state index contributed by atoms with van der Waals surface area (Å²) in [5.74, 6) is -0.802. The molecule has 0 aliphatic carbocycles. The van der Waals surface area contributed by atoms with E-state index in [-0.39, 0.29) is 35.9 Å². The largest absolute Gasteiger partial charge is 0.484 e. The van der Waals surface area contributed by atoms with Gasteiger partial charge in [0.1, 0.15) is 5.75 Å². The van der Waals surface area contributed by atoms with Gasteiger partial charge in [-0.05, 0) is 88.6 Å². The zero-order chi connectivity index (χ0) is 24.7. The number of hydrogen-bond donors (Lipinski definition) is 1. The van der Waals surface area contributed by atoms with Gasteiger partial charge >= 0.3 is 5.97 Å². The van der Waals surface area contributed by atoms with E-state index in [0.29, 0.717) is 17.0 Å². The number of ether oxygens (including phenoxy) is 2. The fourth-order valence-corrected chi connectivity index (χ4v) is 4.02. The van der Waals surface area contributed by atoms with Crippen LogP contribution in [0.1, 0.15) is 60.7 Å². The van der Waals surface area contributed by atoms with Crippen LogP contribution >= 0.6 is 0 Å². The van der Waals surface area contributed by atoms with E-state index in [9.17, 15) is 19.2 Å². The van der Waals surface area contributed by atoms with Crippen LogP contribution in [0.2, 0.25) is 0 Å². The summed E-state index contributed by atoms with van der Waals surface area (Å²) in [7, 11) is 0. The Morgan fingerprint density at radius 2 is 1.47 bits per heavy atom. The van der Waals surface area contributed by atoms with Gasteiger partial charge in [0, 0.05) is 23.3 Å². The number of nitrogens with one attached hydrogen (secondary N) is 1. The third kappa shape index (κ3) is 6.66. The van der Waals surface area contributed by atoms with Crippen molar-refractivity contribution in [3.05, 3.63) is 59.7 Å². The van der Waals surface area contributed by atoms with E-state index < -0.39 is 18.5 Å². The van der Waals surface area contributed by atoms with Crippen LogP contribution in [-0.4, -0.2) is 53.8 Å². The summed E-state index contributed by atoms with van der Waals surface area (Å²) < 4.78 is 10.7. The second-order valence-corrected chi connectivity index (χ2v) is 8.50. The van der Waals surface area contributed by atoms with E-state index in [4.69, 9.17) is 9.47 Å². The van der Waals surface area contributed by atoms with Crippen molar-refractivity contribution in [2.24, 2.45) is 0 Å². The molecule has 2 aromatic carbocycles. The Bertz CT molecular complexity index is 1020. The highest BCUT2D eigenvalue weighted by atomic mass is 16.5. The Balaban J connectivity index is 1.44. The third-order valence-electron chi connectivity index (χ3n) is 5.84. The van der Waals surface area contributed by atoms with Gasteiger partial charge in [0.25, 0.3) is 11.8 Å². The van der Waals surface area contributed by atoms with Crippen molar-refractivity contribution in [1.82, 2.24) is 4.90 Å². The normalized spacial score (nSPS) is 17.6. The average Bonchev–Trinajstić information content (AvgIpc) is 2.82. The van der Waals surface area contributed by atoms with Crippen molar-refractivity contribution in [1.29, 1.82) is 0 Å². The number of ketones is 1. The van der Waals surface area contributed by atoms with E-state index in [1.165, 1.54) is 19.1 Å². The molecule has 34 heavy (non-hydrogen) atoms. The molecule has 2 atom stereocenters. The summed E-state index contributed by atoms with van der Waals surface area (Å²) in [5, 5.41) is 2.60. The number of carbonyl (C=O) groups is 4. The fraction of sp³-hybridized carbons (Fsp3) is 0.385. The van der Waals surface area contributed by atoms with E-state index >= 15 is 0 Å². The summed E-state index contributed by atoms with van der Waals surface area (Å²) in [6, 6.07) is 13.0. The highest BCUT2D eigenvalue weighted by Gasteiger charge is 2.29. The van der Waals surface area contributed by atoms with Gasteiger partial charge < -0.3 is 19.7 Å². The molecule has 3 rings (SSSR count). The van der Waals surface area contributed by atoms with Crippen molar-refractivity contribution in [2.45, 2.75) is 52.1 Å². The maximum Gasteiger partial charge on any atom is 0.338 e. The molecule has 1 aliphatic heterocycles. The van der Waals surface area contributed by atoms with Gasteiger partial charge in [0.2, 0.25) is 0 Å². The van der Waals surface area contributed by atoms with Crippen LogP contribution in [0.25, 0.3) is 0 Å². The number of benzene rings is 2. The smallest absolute Gasteiger partial charge is 0.338 e. The molecule has 2 amide bonds. The number of Topliss-reactive ketones (excluding diaryl/α,β-unsaturated/α-hetero) is 1. The molecule has 8 nitrogen and oxygen atoms in total. The molecular formula is C26H30N2O6. The predicted octanol–water partition coefficient (Wildman–Crippen LogP) is 3.85. The summed E-state index contributed by atoms with van der Waals surface area (Å²) in [4.78, 5) is 50.0. The monoisotopic (exact) mass is 466 g/mol. The van der Waals surface area contributed by atoms with Gasteiger partial charge in [-0.2, -0.15) is 0 Å². The maximum absolute atomic E-state index is 12.6. The van der Waals surface area contributed by atoms with E-state index in [2.05, 4.69) is 19.2 Å². The summed E-state index contributed by atoms with van der Waals surface area (Å²) in [6.45, 7) is 5.05. The molecule has 0 spiro atoms. The molecule has 180 valence electrons. The molecule has 1 fully saturated rings. The van der Waals surface area contributed by atoms with E-state index in [0.717, 1.165) is 19.3 Å². The van der Waals surface area contributed by atoms with Gasteiger partial charge in [0.05, 0.1) is 5.56 Å². The molecule has 2 aromatic rings. The number of esters is 1. The number of piperidine rings is 1. The number of carbonyl (C=O) groups excluding carboxylic acids is 4. The number of likely N-dealkylation sites (tertiary alicyclic amines) is 1. The first-order valence-electron chi connectivity index (χ1n) is 11.4. The summed E-state index contributed by atoms with van der Waals surface area (Å²) in [5.41, 5.74) is 1.29. The molecule has 0 aromatic heterocycles. The Morgan fingerprint density at radius 3 is 2.06 bits per heavy atom. The van der Waals surface area contributed by atoms with Gasteiger partial charge in [-0.3, -0.25) is 14.4 Å². The zero-order valence-electron chi connectivity index (χ0n) is 19.7. The number of amides is 2. The lowest BCUT2D eigenvalue weighted by atomic mass is 9.97. The predicted molar refractivity (Wildman–Crippen MR) is 127 cm³/mol. The number of hydrogen-bond acceptors (Lipinski definition) is 6. The molecular weight excluding hydrogens is 436 g/mol. The topological polar surface area (TPSA) is 102 Å². The second-order valence-electron chi connectivity index (χ2n) is 8.50. The van der Waals surface area contributed by atoms with Crippen LogP contribution in [0.4, 0.5) is 5.69 Å². The minimum Gasteiger partial charge on any atom is -0.484 e. The first-order valence-corrected chi connectivity index (χ1v) is 11.4. The Kier molecular flexibility index (Phi) is 8.40. The summed E-state index contributed by atoms with van der Waals surface area (Å²) in [6.07, 6.45) is 3.12. The van der Waals surface area contributed by atoms with Gasteiger partial charge in [-0.1, -0.05) is 0 Å². The molecule has 1 heterocycles. The van der Waals surface area contributed by atoms with Crippen LogP contribution in [0.5, 0.6) is 5.75 Å². The minimum absolute atomic E-state index is 0.0508. The number of nitrogens with zero attached hydrogens (tertiary/aromatic N) is 1. The van der Waals surface area contributed by atoms with E-state index in [1.54, 1.807) is 36.4 Å². The molecule has 0 unspecified atom stereocenters. The van der Waals surface area contributed by atoms with Gasteiger partial charge in [0.15, 0.2) is 19.0 Å². The van der Waals surface area contributed by atoms with Crippen molar-refractivity contribution in [3.63, 3.8) is 0 Å². The quantitative estimate of drug-likeness (QED) is 0.468. The Morgan fingerprint density at radius 1 is 0.882 bits per heavy atom. The highest BCUT2D eigenvalue weighted by molar-refractivity contribution is 5.97. The van der Waals surface area contributed by atoms with Crippen molar-refractivity contribution < 1.29 is 28.7 Å². The highest BCUT2D eigenvalue weighted by Crippen LogP contribution is 2.23. The van der Waals surface area contributed by atoms with Crippen LogP contribution < -0.4 is 10.1 Å². The van der Waals surface area contributed by atoms with Crippen LogP contribution in [0, 0.1) is 0 Å². The molecule has 0 saturated carbocycles. The molecule has 0 bridgehead atoms. The standard InChI is InChI=1S/C26H30N2O6/c1-17-5-4-6-18(2)28(17)25(31)16-33-23-13-9-21(10-14-23)26(32)34-15-24(30)27-22-11-7-20(8-12-22)19(3)29/h7-14,17-18H,4-6,15-16H2,1-3H3,(H,27,30)/t17-,18+. The van der Waals surface area contributed by atoms with Crippen molar-refractivity contribution in [3.8, 4) is 5.75 Å². The maximum atomic E-state index is 12.6. The lowest BCUT2D eigenvalue weighted by molar-refractivity contribution is -0.139. The zero-order valence-corrected chi connectivity index (χ0v) is 19.7. The Labute approximate surface area is 199 Å². The van der Waals surface area contributed by atoms with Crippen molar-refractivity contribution in [2.75, 3.05) is 18.5 Å². The first kappa shape index (κ1) is 25.0. The van der Waals surface area contributed by atoms with E-state index in [1.807, 2.05) is 4.90 Å². The van der Waals surface area contributed by atoms with Crippen LogP contribution in [0.3, 0.4) is 0 Å². The average molecular weight is 467 g/mol. The second kappa shape index (κ2) is 11.4. The summed E-state index contributed by atoms with van der Waals surface area (Å²) >= 11 is 0. The molecule has 1 aliphatic rings. The lowest BCUT2D eigenvalue weighted by Crippen LogP contribution is -2.49. The first-order chi connectivity index (χ1) is 16.2. The molecule has 1 saturated heterocycles. The molecule has 8 heteroatoms. The van der Waals surface area contributed by atoms with Gasteiger partial charge in [-0.25, -0.2) is 4.79 Å². The Hall–Kier alpha value is -3.68. The minimum atomic E-state index is -0.652. The SMILES string of the molecule is CC(=O)c1ccc(NC(=O)COC(=O)c2ccc(OCC(=O)N3[C@H](C)CCC[C@@H]3C)cc2)cc1. The number of anilines is 1. The lowest BCUT2D eigenvalue weighted by Gasteiger charge is -2.38. The fourth-order valence-electron chi connectivity index (χ4n) is 4.02. The molecule has 1 N–H and O–H groups in total. The van der Waals surface area contributed by atoms with Crippen molar-refractivity contribution >= 4 is 29.3 Å². The van der Waals surface area contributed by atoms with Crippen LogP contribution in [0.15, 0.2) is 48.5 Å². The van der Waals surface area contributed by atoms with Gasteiger partial charge in [-0.15, -0.1) is 0 Å².